The molecule has 1 heterocycles. The topological polar surface area (TPSA) is 62.2 Å². The summed E-state index contributed by atoms with van der Waals surface area (Å²) in [7, 11) is 1.83. The first-order valence-electron chi connectivity index (χ1n) is 5.28. The van der Waals surface area contributed by atoms with Gasteiger partial charge in [-0.3, -0.25) is 9.78 Å². The van der Waals surface area contributed by atoms with E-state index >= 15 is 0 Å². The minimum absolute atomic E-state index is 0.0137. The number of hydrogen-bond donors (Lipinski definition) is 2. The highest BCUT2D eigenvalue weighted by atomic mass is 16.4. The van der Waals surface area contributed by atoms with Crippen LogP contribution in [0.25, 0.3) is 0 Å². The fourth-order valence-corrected chi connectivity index (χ4v) is 1.57. The molecule has 1 aromatic heterocycles. The Balaban J connectivity index is 2.81. The van der Waals surface area contributed by atoms with Gasteiger partial charge in [0.25, 0.3) is 0 Å². The normalized spacial score (nSPS) is 13.4. The molecule has 1 rings (SSSR count). The Morgan fingerprint density at radius 1 is 1.62 bits per heavy atom. The highest BCUT2D eigenvalue weighted by molar-refractivity contribution is 5.73. The van der Waals surface area contributed by atoms with Gasteiger partial charge in [0.15, 0.2) is 0 Å². The Labute approximate surface area is 95.7 Å². The molecule has 1 atom stereocenters. The third-order valence-electron chi connectivity index (χ3n) is 2.73. The van der Waals surface area contributed by atoms with Crippen LogP contribution in [0.1, 0.15) is 31.9 Å². The van der Waals surface area contributed by atoms with Crippen molar-refractivity contribution in [2.75, 3.05) is 7.05 Å². The standard InChI is InChI=1S/C12H18N2O2/c1-12(2,11(15)16)7-10(13-3)9-5-4-6-14-8-9/h4-6,8,10,13H,7H2,1-3H3,(H,15,16). The van der Waals surface area contributed by atoms with Gasteiger partial charge in [0.2, 0.25) is 0 Å². The second-order valence-electron chi connectivity index (χ2n) is 4.52. The van der Waals surface area contributed by atoms with E-state index in [0.717, 1.165) is 5.56 Å². The third-order valence-corrected chi connectivity index (χ3v) is 2.73. The van der Waals surface area contributed by atoms with Gasteiger partial charge in [0.05, 0.1) is 5.41 Å². The van der Waals surface area contributed by atoms with Crippen LogP contribution in [0.4, 0.5) is 0 Å². The number of carbonyl (C=O) groups is 1. The van der Waals surface area contributed by atoms with Crippen molar-refractivity contribution in [2.45, 2.75) is 26.3 Å². The molecule has 0 aliphatic heterocycles. The Bertz CT molecular complexity index is 349. The lowest BCUT2D eigenvalue weighted by atomic mass is 9.84. The maximum Gasteiger partial charge on any atom is 0.309 e. The molecular weight excluding hydrogens is 204 g/mol. The van der Waals surface area contributed by atoms with E-state index in [4.69, 9.17) is 5.11 Å². The summed E-state index contributed by atoms with van der Waals surface area (Å²) in [6, 6.07) is 3.82. The first-order valence-corrected chi connectivity index (χ1v) is 5.28. The lowest BCUT2D eigenvalue weighted by Crippen LogP contribution is -2.30. The molecule has 4 nitrogen and oxygen atoms in total. The maximum atomic E-state index is 11.1. The summed E-state index contributed by atoms with van der Waals surface area (Å²) in [5, 5.41) is 12.2. The number of nitrogens with one attached hydrogen (secondary N) is 1. The molecule has 4 heteroatoms. The molecule has 0 spiro atoms. The number of carboxylic acid groups (broad SMARTS) is 1. The molecule has 0 saturated carbocycles. The Morgan fingerprint density at radius 2 is 2.31 bits per heavy atom. The second kappa shape index (κ2) is 5.07. The fraction of sp³-hybridized carbons (Fsp3) is 0.500. The van der Waals surface area contributed by atoms with Crippen molar-refractivity contribution < 1.29 is 9.90 Å². The molecule has 0 fully saturated rings. The Morgan fingerprint density at radius 3 is 2.75 bits per heavy atom. The van der Waals surface area contributed by atoms with Gasteiger partial charge in [0, 0.05) is 18.4 Å². The molecule has 1 aromatic rings. The van der Waals surface area contributed by atoms with E-state index in [1.54, 1.807) is 26.2 Å². The van der Waals surface area contributed by atoms with Gasteiger partial charge in [-0.25, -0.2) is 0 Å². The summed E-state index contributed by atoms with van der Waals surface area (Å²) >= 11 is 0. The minimum Gasteiger partial charge on any atom is -0.481 e. The van der Waals surface area contributed by atoms with Gasteiger partial charge < -0.3 is 10.4 Å². The molecule has 0 aromatic carbocycles. The van der Waals surface area contributed by atoms with Crippen molar-refractivity contribution >= 4 is 5.97 Å². The second-order valence-corrected chi connectivity index (χ2v) is 4.52. The van der Waals surface area contributed by atoms with E-state index in [1.165, 1.54) is 0 Å². The van der Waals surface area contributed by atoms with Crippen LogP contribution in [0.2, 0.25) is 0 Å². The minimum atomic E-state index is -0.781. The average Bonchev–Trinajstić information content (AvgIpc) is 2.27. The van der Waals surface area contributed by atoms with E-state index in [-0.39, 0.29) is 6.04 Å². The van der Waals surface area contributed by atoms with Crippen LogP contribution in [0.5, 0.6) is 0 Å². The van der Waals surface area contributed by atoms with Crippen LogP contribution in [0, 0.1) is 5.41 Å². The van der Waals surface area contributed by atoms with E-state index in [2.05, 4.69) is 10.3 Å². The van der Waals surface area contributed by atoms with Crippen molar-refractivity contribution in [1.82, 2.24) is 10.3 Å². The van der Waals surface area contributed by atoms with Crippen LogP contribution < -0.4 is 5.32 Å². The van der Waals surface area contributed by atoms with Gasteiger partial charge in [-0.05, 0) is 38.9 Å². The van der Waals surface area contributed by atoms with Gasteiger partial charge in [0.1, 0.15) is 0 Å². The number of rotatable bonds is 5. The van der Waals surface area contributed by atoms with Crippen molar-refractivity contribution in [1.29, 1.82) is 0 Å². The summed E-state index contributed by atoms with van der Waals surface area (Å²) in [6.45, 7) is 3.46. The van der Waals surface area contributed by atoms with E-state index in [1.807, 2.05) is 19.2 Å². The molecular formula is C12H18N2O2. The number of nitrogens with zero attached hydrogens (tertiary/aromatic N) is 1. The fourth-order valence-electron chi connectivity index (χ4n) is 1.57. The zero-order valence-corrected chi connectivity index (χ0v) is 9.90. The van der Waals surface area contributed by atoms with Crippen LogP contribution in [-0.4, -0.2) is 23.1 Å². The van der Waals surface area contributed by atoms with Gasteiger partial charge in [-0.15, -0.1) is 0 Å². The zero-order chi connectivity index (χ0) is 12.2. The smallest absolute Gasteiger partial charge is 0.309 e. The highest BCUT2D eigenvalue weighted by Gasteiger charge is 2.30. The summed E-state index contributed by atoms with van der Waals surface area (Å²) in [6.07, 6.45) is 4.00. The molecule has 1 unspecified atom stereocenters. The third kappa shape index (κ3) is 3.03. The SMILES string of the molecule is CNC(CC(C)(C)C(=O)O)c1cccnc1. The van der Waals surface area contributed by atoms with Crippen LogP contribution in [0.3, 0.4) is 0 Å². The average molecular weight is 222 g/mol. The molecule has 0 aliphatic carbocycles. The summed E-state index contributed by atoms with van der Waals surface area (Å²) < 4.78 is 0. The highest BCUT2D eigenvalue weighted by Crippen LogP contribution is 2.29. The van der Waals surface area contributed by atoms with Gasteiger partial charge >= 0.3 is 5.97 Å². The monoisotopic (exact) mass is 222 g/mol. The largest absolute Gasteiger partial charge is 0.481 e. The Kier molecular flexibility index (Phi) is 4.01. The molecule has 16 heavy (non-hydrogen) atoms. The lowest BCUT2D eigenvalue weighted by Gasteiger charge is -2.25. The van der Waals surface area contributed by atoms with Crippen LogP contribution in [0.15, 0.2) is 24.5 Å². The van der Waals surface area contributed by atoms with Crippen molar-refractivity contribution in [3.05, 3.63) is 30.1 Å². The van der Waals surface area contributed by atoms with Crippen LogP contribution >= 0.6 is 0 Å². The van der Waals surface area contributed by atoms with Crippen molar-refractivity contribution in [3.8, 4) is 0 Å². The summed E-state index contributed by atoms with van der Waals surface area (Å²) in [5.41, 5.74) is 0.267. The first-order chi connectivity index (χ1) is 7.47. The summed E-state index contributed by atoms with van der Waals surface area (Å²) in [4.78, 5) is 15.1. The number of carboxylic acids is 1. The molecule has 0 aliphatic rings. The maximum absolute atomic E-state index is 11.1. The number of aromatic nitrogens is 1. The molecule has 0 bridgehead atoms. The predicted octanol–water partition coefficient (Wildman–Crippen LogP) is 1.84. The number of hydrogen-bond acceptors (Lipinski definition) is 3. The molecule has 0 amide bonds. The van der Waals surface area contributed by atoms with Gasteiger partial charge in [-0.1, -0.05) is 6.07 Å². The Hall–Kier alpha value is -1.42. The van der Waals surface area contributed by atoms with E-state index in [0.29, 0.717) is 6.42 Å². The lowest BCUT2D eigenvalue weighted by molar-refractivity contribution is -0.147. The zero-order valence-electron chi connectivity index (χ0n) is 9.90. The summed E-state index contributed by atoms with van der Waals surface area (Å²) in [5.74, 6) is -0.781. The number of aliphatic carboxylic acids is 1. The number of pyridine rings is 1. The van der Waals surface area contributed by atoms with Crippen LogP contribution in [-0.2, 0) is 4.79 Å². The molecule has 2 N–H and O–H groups in total. The van der Waals surface area contributed by atoms with Crippen molar-refractivity contribution in [2.24, 2.45) is 5.41 Å². The molecule has 0 radical (unpaired) electrons. The van der Waals surface area contributed by atoms with E-state index < -0.39 is 11.4 Å². The predicted molar refractivity (Wildman–Crippen MR) is 62.1 cm³/mol. The quantitative estimate of drug-likeness (QED) is 0.798. The molecule has 0 saturated heterocycles. The first kappa shape index (κ1) is 12.6. The molecule has 88 valence electrons. The van der Waals surface area contributed by atoms with Crippen molar-refractivity contribution in [3.63, 3.8) is 0 Å². The van der Waals surface area contributed by atoms with E-state index in [9.17, 15) is 4.79 Å². The van der Waals surface area contributed by atoms with Gasteiger partial charge in [-0.2, -0.15) is 0 Å².